The van der Waals surface area contributed by atoms with Crippen LogP contribution >= 0.6 is 0 Å². The van der Waals surface area contributed by atoms with Crippen LogP contribution in [0.3, 0.4) is 0 Å². The Labute approximate surface area is 134 Å². The number of hydrogen-bond donors (Lipinski definition) is 2. The van der Waals surface area contributed by atoms with Gasteiger partial charge < -0.3 is 10.4 Å². The summed E-state index contributed by atoms with van der Waals surface area (Å²) in [6, 6.07) is 6.89. The lowest BCUT2D eigenvalue weighted by atomic mass is 10.1. The molecule has 2 rings (SSSR count). The number of aromatic nitrogens is 2. The molecular weight excluding hydrogens is 294 g/mol. The molecule has 2 aromatic rings. The van der Waals surface area contributed by atoms with Gasteiger partial charge in [-0.25, -0.2) is 4.79 Å². The molecule has 0 fully saturated rings. The number of anilines is 1. The maximum atomic E-state index is 12.2. The molecule has 1 aromatic carbocycles. The van der Waals surface area contributed by atoms with Crippen molar-refractivity contribution in [2.45, 2.75) is 26.3 Å². The number of nitrogens with zero attached hydrogens (tertiary/aromatic N) is 2. The Kier molecular flexibility index (Phi) is 4.64. The summed E-state index contributed by atoms with van der Waals surface area (Å²) >= 11 is 0. The molecule has 0 aliphatic carbocycles. The van der Waals surface area contributed by atoms with Crippen molar-refractivity contribution >= 4 is 23.6 Å². The van der Waals surface area contributed by atoms with Crippen molar-refractivity contribution < 1.29 is 14.7 Å². The molecule has 1 amide bonds. The topological polar surface area (TPSA) is 84.2 Å². The van der Waals surface area contributed by atoms with E-state index in [9.17, 15) is 9.59 Å². The average Bonchev–Trinajstić information content (AvgIpc) is 2.96. The van der Waals surface area contributed by atoms with Gasteiger partial charge in [0.1, 0.15) is 0 Å². The highest BCUT2D eigenvalue weighted by molar-refractivity contribution is 6.04. The van der Waals surface area contributed by atoms with Crippen molar-refractivity contribution in [1.82, 2.24) is 9.78 Å². The Bertz CT molecular complexity index is 737. The monoisotopic (exact) mass is 313 g/mol. The number of carboxylic acid groups (broad SMARTS) is 1. The van der Waals surface area contributed by atoms with Gasteiger partial charge in [0, 0.05) is 18.0 Å². The first-order valence-corrected chi connectivity index (χ1v) is 7.13. The number of amides is 1. The predicted molar refractivity (Wildman–Crippen MR) is 88.3 cm³/mol. The van der Waals surface area contributed by atoms with Gasteiger partial charge in [-0.05, 0) is 44.5 Å². The van der Waals surface area contributed by atoms with Gasteiger partial charge in [0.15, 0.2) is 0 Å². The number of rotatable bonds is 4. The number of aliphatic carboxylic acids is 1. The molecule has 1 aromatic heterocycles. The van der Waals surface area contributed by atoms with Gasteiger partial charge in [-0.3, -0.25) is 9.48 Å². The van der Waals surface area contributed by atoms with E-state index in [1.54, 1.807) is 35.1 Å². The first-order chi connectivity index (χ1) is 10.8. The Hall–Kier alpha value is -2.89. The highest BCUT2D eigenvalue weighted by Gasteiger charge is 2.16. The normalized spacial score (nSPS) is 11.6. The van der Waals surface area contributed by atoms with Crippen LogP contribution in [-0.2, 0) is 10.3 Å². The number of carbonyl (C=O) groups excluding carboxylic acids is 1. The summed E-state index contributed by atoms with van der Waals surface area (Å²) in [5, 5.41) is 15.6. The van der Waals surface area contributed by atoms with Crippen LogP contribution in [0, 0.1) is 0 Å². The van der Waals surface area contributed by atoms with Gasteiger partial charge >= 0.3 is 5.97 Å². The number of nitrogens with one attached hydrogen (secondary N) is 1. The number of carboxylic acids is 1. The van der Waals surface area contributed by atoms with Crippen molar-refractivity contribution in [2.75, 3.05) is 5.32 Å². The Morgan fingerprint density at radius 2 is 1.87 bits per heavy atom. The highest BCUT2D eigenvalue weighted by atomic mass is 16.4. The quantitative estimate of drug-likeness (QED) is 0.850. The SMILES string of the molecule is CC(C)(C)n1cc(C(=O)Nc2ccc(C=CC(=O)O)cc2)cn1. The minimum Gasteiger partial charge on any atom is -0.478 e. The largest absolute Gasteiger partial charge is 0.478 e. The van der Waals surface area contributed by atoms with Gasteiger partial charge in [0.25, 0.3) is 5.91 Å². The van der Waals surface area contributed by atoms with E-state index in [1.165, 1.54) is 12.3 Å². The summed E-state index contributed by atoms with van der Waals surface area (Å²) in [6.07, 6.45) is 5.79. The standard InChI is InChI=1S/C17H19N3O3/c1-17(2,3)20-11-13(10-18-20)16(23)19-14-7-4-12(5-8-14)6-9-15(21)22/h4-11H,1-3H3,(H,19,23)(H,21,22). The van der Waals surface area contributed by atoms with Gasteiger partial charge in [-0.1, -0.05) is 12.1 Å². The molecule has 0 radical (unpaired) electrons. The molecule has 1 heterocycles. The predicted octanol–water partition coefficient (Wildman–Crippen LogP) is 2.99. The number of benzene rings is 1. The second-order valence-corrected chi connectivity index (χ2v) is 6.09. The Balaban J connectivity index is 2.05. The van der Waals surface area contributed by atoms with Crippen LogP contribution in [0.25, 0.3) is 6.08 Å². The third kappa shape index (κ3) is 4.54. The third-order valence-electron chi connectivity index (χ3n) is 3.12. The van der Waals surface area contributed by atoms with E-state index in [0.29, 0.717) is 11.3 Å². The molecule has 23 heavy (non-hydrogen) atoms. The Morgan fingerprint density at radius 3 is 2.39 bits per heavy atom. The zero-order chi connectivity index (χ0) is 17.0. The van der Waals surface area contributed by atoms with Crippen LogP contribution in [0.15, 0.2) is 42.7 Å². The zero-order valence-electron chi connectivity index (χ0n) is 13.3. The van der Waals surface area contributed by atoms with E-state index in [0.717, 1.165) is 11.6 Å². The van der Waals surface area contributed by atoms with E-state index < -0.39 is 5.97 Å². The fourth-order valence-corrected chi connectivity index (χ4v) is 1.86. The van der Waals surface area contributed by atoms with Crippen molar-refractivity contribution in [1.29, 1.82) is 0 Å². The maximum Gasteiger partial charge on any atom is 0.328 e. The average molecular weight is 313 g/mol. The van der Waals surface area contributed by atoms with Gasteiger partial charge in [0.05, 0.1) is 17.3 Å². The summed E-state index contributed by atoms with van der Waals surface area (Å²) in [6.45, 7) is 6.02. The smallest absolute Gasteiger partial charge is 0.328 e. The van der Waals surface area contributed by atoms with E-state index in [-0.39, 0.29) is 11.4 Å². The third-order valence-corrected chi connectivity index (χ3v) is 3.12. The zero-order valence-corrected chi connectivity index (χ0v) is 13.3. The molecule has 0 bridgehead atoms. The van der Waals surface area contributed by atoms with Crippen LogP contribution in [0.2, 0.25) is 0 Å². The fourth-order valence-electron chi connectivity index (χ4n) is 1.86. The molecule has 0 saturated carbocycles. The molecule has 2 N–H and O–H groups in total. The minimum absolute atomic E-state index is 0.184. The summed E-state index contributed by atoms with van der Waals surface area (Å²) in [7, 11) is 0. The highest BCUT2D eigenvalue weighted by Crippen LogP contribution is 2.15. The molecule has 0 atom stereocenters. The van der Waals surface area contributed by atoms with E-state index in [1.807, 2.05) is 20.8 Å². The van der Waals surface area contributed by atoms with Crippen LogP contribution in [0.1, 0.15) is 36.7 Å². The van der Waals surface area contributed by atoms with Crippen LogP contribution in [0.5, 0.6) is 0 Å². The summed E-state index contributed by atoms with van der Waals surface area (Å²) in [4.78, 5) is 22.7. The number of hydrogen-bond acceptors (Lipinski definition) is 3. The van der Waals surface area contributed by atoms with Gasteiger partial charge in [-0.2, -0.15) is 5.10 Å². The molecule has 120 valence electrons. The lowest BCUT2D eigenvalue weighted by Crippen LogP contribution is -2.22. The van der Waals surface area contributed by atoms with Gasteiger partial charge in [-0.15, -0.1) is 0 Å². The van der Waals surface area contributed by atoms with Crippen molar-refractivity contribution in [3.8, 4) is 0 Å². The molecule has 6 heteroatoms. The van der Waals surface area contributed by atoms with E-state index in [4.69, 9.17) is 5.11 Å². The first-order valence-electron chi connectivity index (χ1n) is 7.13. The second kappa shape index (κ2) is 6.48. The second-order valence-electron chi connectivity index (χ2n) is 6.09. The lowest BCUT2D eigenvalue weighted by molar-refractivity contribution is -0.131. The first kappa shape index (κ1) is 16.5. The fraction of sp³-hybridized carbons (Fsp3) is 0.235. The molecule has 0 unspecified atom stereocenters. The summed E-state index contributed by atoms with van der Waals surface area (Å²) in [5.74, 6) is -1.24. The number of carbonyl (C=O) groups is 2. The van der Waals surface area contributed by atoms with Crippen molar-refractivity contribution in [2.24, 2.45) is 0 Å². The molecule has 0 saturated heterocycles. The Morgan fingerprint density at radius 1 is 1.22 bits per heavy atom. The summed E-state index contributed by atoms with van der Waals surface area (Å²) < 4.78 is 1.74. The van der Waals surface area contributed by atoms with Crippen LogP contribution < -0.4 is 5.32 Å². The van der Waals surface area contributed by atoms with Crippen molar-refractivity contribution in [3.05, 3.63) is 53.9 Å². The minimum atomic E-state index is -1.00. The van der Waals surface area contributed by atoms with Crippen LogP contribution in [0.4, 0.5) is 5.69 Å². The molecule has 0 aliphatic heterocycles. The van der Waals surface area contributed by atoms with E-state index in [2.05, 4.69) is 10.4 Å². The molecular formula is C17H19N3O3. The lowest BCUT2D eigenvalue weighted by Gasteiger charge is -2.18. The van der Waals surface area contributed by atoms with Crippen LogP contribution in [-0.4, -0.2) is 26.8 Å². The van der Waals surface area contributed by atoms with Gasteiger partial charge in [0.2, 0.25) is 0 Å². The van der Waals surface area contributed by atoms with E-state index >= 15 is 0 Å². The molecule has 0 spiro atoms. The summed E-state index contributed by atoms with van der Waals surface area (Å²) in [5.41, 5.74) is 1.67. The maximum absolute atomic E-state index is 12.2. The van der Waals surface area contributed by atoms with Crippen molar-refractivity contribution in [3.63, 3.8) is 0 Å². The molecule has 6 nitrogen and oxygen atoms in total. The molecule has 0 aliphatic rings.